The number of benzene rings is 6. The van der Waals surface area contributed by atoms with Gasteiger partial charge in [-0.25, -0.2) is 0 Å². The minimum Gasteiger partial charge on any atom is -0.291 e. The Morgan fingerprint density at radius 1 is 0.286 bits per heavy atom. The first-order chi connectivity index (χ1) is 27.4. The zero-order valence-electron chi connectivity index (χ0n) is 33.9. The quantitative estimate of drug-likeness (QED) is 0.154. The molecule has 6 aromatic rings. The van der Waals surface area contributed by atoms with Gasteiger partial charge in [-0.3, -0.25) is 19.6 Å². The fourth-order valence-corrected chi connectivity index (χ4v) is 8.51. The standard InChI is InChI=1S/C52H60N4/c1-41(49-23-9-5-10-24-49)53-31-32-54(42(2)50-25-11-6-12-26-50)38-47-21-18-22-48(36-47)40-56(44(4)52-29-15-8-16-30-52)34-33-55(43(3)51-27-13-7-14-28-51)39-46-20-17-19-45(35-46)37-53/h5-30,35-36,41-44H,31-34,37-40H2,1-4H3/t41-,42-,43-,44-/m0/s1. The molecule has 56 heavy (non-hydrogen) atoms. The molecule has 0 amide bonds. The van der Waals surface area contributed by atoms with Crippen molar-refractivity contribution in [1.29, 1.82) is 0 Å². The van der Waals surface area contributed by atoms with Crippen molar-refractivity contribution >= 4 is 0 Å². The van der Waals surface area contributed by atoms with Crippen molar-refractivity contribution in [3.8, 4) is 0 Å². The second-order valence-electron chi connectivity index (χ2n) is 15.9. The van der Waals surface area contributed by atoms with E-state index < -0.39 is 0 Å². The molecule has 288 valence electrons. The van der Waals surface area contributed by atoms with Gasteiger partial charge in [0.05, 0.1) is 0 Å². The fraction of sp³-hybridized carbons (Fsp3) is 0.308. The number of fused-ring (bicyclic) bond motifs is 4. The minimum absolute atomic E-state index is 0.273. The molecule has 1 aliphatic heterocycles. The van der Waals surface area contributed by atoms with Gasteiger partial charge < -0.3 is 0 Å². The molecule has 0 unspecified atom stereocenters. The monoisotopic (exact) mass is 740 g/mol. The van der Waals surface area contributed by atoms with E-state index in [-0.39, 0.29) is 24.2 Å². The lowest BCUT2D eigenvalue weighted by Crippen LogP contribution is -2.38. The second-order valence-corrected chi connectivity index (χ2v) is 15.9. The summed E-state index contributed by atoms with van der Waals surface area (Å²) in [4.78, 5) is 10.7. The van der Waals surface area contributed by atoms with Crippen LogP contribution in [0.3, 0.4) is 0 Å². The summed E-state index contributed by atoms with van der Waals surface area (Å²) in [7, 11) is 0. The summed E-state index contributed by atoms with van der Waals surface area (Å²) in [5, 5.41) is 0. The molecule has 0 N–H and O–H groups in total. The van der Waals surface area contributed by atoms with E-state index in [0.717, 1.165) is 52.4 Å². The molecule has 1 heterocycles. The van der Waals surface area contributed by atoms with Gasteiger partial charge in [-0.1, -0.05) is 170 Å². The highest BCUT2D eigenvalue weighted by molar-refractivity contribution is 5.28. The van der Waals surface area contributed by atoms with Gasteiger partial charge in [-0.05, 0) is 72.2 Å². The average Bonchev–Trinajstić information content (AvgIpc) is 3.25. The van der Waals surface area contributed by atoms with Gasteiger partial charge in [0.2, 0.25) is 0 Å². The zero-order valence-corrected chi connectivity index (χ0v) is 33.9. The number of hydrogen-bond donors (Lipinski definition) is 0. The smallest absolute Gasteiger partial charge is 0.0323 e. The molecule has 0 saturated heterocycles. The molecule has 0 spiro atoms. The molecular formula is C52H60N4. The molecular weight excluding hydrogens is 681 g/mol. The van der Waals surface area contributed by atoms with E-state index in [1.54, 1.807) is 0 Å². The summed E-state index contributed by atoms with van der Waals surface area (Å²) in [5.41, 5.74) is 10.9. The van der Waals surface area contributed by atoms with E-state index in [4.69, 9.17) is 0 Å². The lowest BCUT2D eigenvalue weighted by Gasteiger charge is -2.36. The van der Waals surface area contributed by atoms with E-state index in [2.05, 4.69) is 217 Å². The van der Waals surface area contributed by atoms with Crippen LogP contribution >= 0.6 is 0 Å². The Hall–Kier alpha value is -4.84. The molecule has 0 saturated carbocycles. The highest BCUT2D eigenvalue weighted by Gasteiger charge is 2.24. The van der Waals surface area contributed by atoms with Crippen LogP contribution in [0.1, 0.15) is 96.4 Å². The van der Waals surface area contributed by atoms with Gasteiger partial charge in [-0.15, -0.1) is 0 Å². The second kappa shape index (κ2) is 19.3. The maximum Gasteiger partial charge on any atom is 0.0323 e. The van der Waals surface area contributed by atoms with E-state index in [1.807, 2.05) is 0 Å². The van der Waals surface area contributed by atoms with Crippen LogP contribution in [0.2, 0.25) is 0 Å². The van der Waals surface area contributed by atoms with Crippen LogP contribution < -0.4 is 0 Å². The van der Waals surface area contributed by atoms with Crippen molar-refractivity contribution in [2.24, 2.45) is 0 Å². The van der Waals surface area contributed by atoms with Crippen molar-refractivity contribution < 1.29 is 0 Å². The van der Waals surface area contributed by atoms with E-state index in [9.17, 15) is 0 Å². The van der Waals surface area contributed by atoms with Crippen LogP contribution in [-0.4, -0.2) is 45.8 Å². The number of nitrogens with zero attached hydrogens (tertiary/aromatic N) is 4. The number of rotatable bonds is 8. The number of hydrogen-bond acceptors (Lipinski definition) is 4. The van der Waals surface area contributed by atoms with Gasteiger partial charge in [0.1, 0.15) is 0 Å². The molecule has 4 heteroatoms. The van der Waals surface area contributed by atoms with Crippen molar-refractivity contribution in [2.45, 2.75) is 78.0 Å². The van der Waals surface area contributed by atoms with Gasteiger partial charge in [0, 0.05) is 76.5 Å². The van der Waals surface area contributed by atoms with Crippen LogP contribution in [0, 0.1) is 0 Å². The van der Waals surface area contributed by atoms with E-state index in [0.29, 0.717) is 0 Å². The highest BCUT2D eigenvalue weighted by Crippen LogP contribution is 2.29. The first kappa shape index (κ1) is 39.4. The molecule has 1 aliphatic rings. The Kier molecular flexibility index (Phi) is 13.6. The average molecular weight is 741 g/mol. The molecule has 6 aromatic carbocycles. The lowest BCUT2D eigenvalue weighted by molar-refractivity contribution is 0.131. The van der Waals surface area contributed by atoms with Crippen molar-refractivity contribution in [3.63, 3.8) is 0 Å². The molecule has 4 bridgehead atoms. The largest absolute Gasteiger partial charge is 0.291 e. The maximum atomic E-state index is 2.69. The summed E-state index contributed by atoms with van der Waals surface area (Å²) in [6.45, 7) is 16.9. The third-order valence-electron chi connectivity index (χ3n) is 12.2. The normalized spacial score (nSPS) is 17.9. The van der Waals surface area contributed by atoms with Crippen LogP contribution in [-0.2, 0) is 26.2 Å². The van der Waals surface area contributed by atoms with Crippen LogP contribution in [0.15, 0.2) is 170 Å². The fourth-order valence-electron chi connectivity index (χ4n) is 8.51. The molecule has 0 fully saturated rings. The first-order valence-electron chi connectivity index (χ1n) is 20.7. The summed E-state index contributed by atoms with van der Waals surface area (Å²) in [6, 6.07) is 64.1. The Balaban J connectivity index is 1.28. The molecule has 0 aliphatic carbocycles. The van der Waals surface area contributed by atoms with Crippen LogP contribution in [0.4, 0.5) is 0 Å². The molecule has 0 radical (unpaired) electrons. The first-order valence-corrected chi connectivity index (χ1v) is 20.7. The SMILES string of the molecule is C[C@@H](c1ccccc1)N1CCN([C@@H](C)c2ccccc2)Cc2cccc(c2)CN([C@@H](C)c2ccccc2)CCN([C@@H](C)c2ccccc2)Cc2cccc(c2)C1. The maximum absolute atomic E-state index is 2.69. The Bertz CT molecular complexity index is 1760. The zero-order chi connectivity index (χ0) is 38.7. The van der Waals surface area contributed by atoms with Gasteiger partial charge in [-0.2, -0.15) is 0 Å². The predicted molar refractivity (Wildman–Crippen MR) is 234 cm³/mol. The third kappa shape index (κ3) is 10.3. The lowest BCUT2D eigenvalue weighted by atomic mass is 10.0. The third-order valence-corrected chi connectivity index (χ3v) is 12.2. The van der Waals surface area contributed by atoms with Gasteiger partial charge in [0.15, 0.2) is 0 Å². The van der Waals surface area contributed by atoms with Crippen molar-refractivity contribution in [1.82, 2.24) is 19.6 Å². The van der Waals surface area contributed by atoms with Crippen molar-refractivity contribution in [3.05, 3.63) is 214 Å². The predicted octanol–water partition coefficient (Wildman–Crippen LogP) is 11.7. The Morgan fingerprint density at radius 2 is 0.500 bits per heavy atom. The molecule has 4 nitrogen and oxygen atoms in total. The van der Waals surface area contributed by atoms with Crippen LogP contribution in [0.25, 0.3) is 0 Å². The minimum atomic E-state index is 0.273. The summed E-state index contributed by atoms with van der Waals surface area (Å²) in [6.07, 6.45) is 0. The molecule has 7 rings (SSSR count). The Labute approximate surface area is 337 Å². The Morgan fingerprint density at radius 3 is 0.714 bits per heavy atom. The van der Waals surface area contributed by atoms with Gasteiger partial charge in [0.25, 0.3) is 0 Å². The topological polar surface area (TPSA) is 13.0 Å². The molecule has 4 atom stereocenters. The van der Waals surface area contributed by atoms with E-state index in [1.165, 1.54) is 44.5 Å². The van der Waals surface area contributed by atoms with Gasteiger partial charge >= 0.3 is 0 Å². The van der Waals surface area contributed by atoms with Crippen LogP contribution in [0.5, 0.6) is 0 Å². The van der Waals surface area contributed by atoms with E-state index >= 15 is 0 Å². The summed E-state index contributed by atoms with van der Waals surface area (Å²) in [5.74, 6) is 0. The highest BCUT2D eigenvalue weighted by atomic mass is 15.2. The summed E-state index contributed by atoms with van der Waals surface area (Å²) >= 11 is 0. The van der Waals surface area contributed by atoms with Crippen molar-refractivity contribution in [2.75, 3.05) is 26.2 Å². The molecule has 0 aromatic heterocycles. The summed E-state index contributed by atoms with van der Waals surface area (Å²) < 4.78 is 0.